The van der Waals surface area contributed by atoms with Gasteiger partial charge in [-0.1, -0.05) is 30.3 Å². The maximum atomic E-state index is 14.2. The predicted octanol–water partition coefficient (Wildman–Crippen LogP) is 4.23. The van der Waals surface area contributed by atoms with Gasteiger partial charge in [-0.15, -0.1) is 11.3 Å². The van der Waals surface area contributed by atoms with E-state index in [4.69, 9.17) is 4.74 Å². The minimum Gasteiger partial charge on any atom is -0.497 e. The van der Waals surface area contributed by atoms with E-state index in [1.54, 1.807) is 29.5 Å². The largest absolute Gasteiger partial charge is 0.497 e. The van der Waals surface area contributed by atoms with Crippen LogP contribution in [0.15, 0.2) is 53.9 Å². The first-order valence-electron chi connectivity index (χ1n) is 7.67. The Bertz CT molecular complexity index is 880. The van der Waals surface area contributed by atoms with Gasteiger partial charge in [0.2, 0.25) is 0 Å². The lowest BCUT2D eigenvalue weighted by molar-refractivity contribution is 0.0780. The van der Waals surface area contributed by atoms with Gasteiger partial charge in [0.25, 0.3) is 5.91 Å². The second-order valence-corrected chi connectivity index (χ2v) is 6.39. The summed E-state index contributed by atoms with van der Waals surface area (Å²) in [7, 11) is 3.21. The number of hydrogen-bond donors (Lipinski definition) is 0. The van der Waals surface area contributed by atoms with Gasteiger partial charge in [-0.3, -0.25) is 4.79 Å². The molecule has 0 atom stereocenters. The maximum Gasteiger partial charge on any atom is 0.273 e. The summed E-state index contributed by atoms with van der Waals surface area (Å²) in [6.07, 6.45) is 0. The first-order valence-corrected chi connectivity index (χ1v) is 8.55. The number of rotatable bonds is 5. The van der Waals surface area contributed by atoms with E-state index in [1.165, 1.54) is 24.5 Å². The second kappa shape index (κ2) is 7.44. The Hall–Kier alpha value is -2.73. The fourth-order valence-electron chi connectivity index (χ4n) is 2.42. The fraction of sp³-hybridized carbons (Fsp3) is 0.158. The molecule has 6 heteroatoms. The van der Waals surface area contributed by atoms with E-state index in [9.17, 15) is 9.18 Å². The molecular weight excluding hydrogens is 339 g/mol. The highest BCUT2D eigenvalue weighted by molar-refractivity contribution is 7.13. The van der Waals surface area contributed by atoms with Crippen LogP contribution in [0.4, 0.5) is 4.39 Å². The van der Waals surface area contributed by atoms with E-state index in [0.29, 0.717) is 28.6 Å². The summed E-state index contributed by atoms with van der Waals surface area (Å²) in [5.74, 6) is -0.178. The predicted molar refractivity (Wildman–Crippen MR) is 96.3 cm³/mol. The number of aromatic nitrogens is 1. The Morgan fingerprint density at radius 2 is 2.00 bits per heavy atom. The molecule has 0 radical (unpaired) electrons. The molecule has 0 aliphatic heterocycles. The minimum absolute atomic E-state index is 0.194. The number of benzene rings is 2. The van der Waals surface area contributed by atoms with Gasteiger partial charge < -0.3 is 9.64 Å². The zero-order valence-electron chi connectivity index (χ0n) is 13.9. The SMILES string of the molecule is COc1ccc(-c2nc(C(=O)N(C)Cc3ccccc3)cs2)c(F)c1. The summed E-state index contributed by atoms with van der Waals surface area (Å²) in [5, 5.41) is 2.12. The van der Waals surface area contributed by atoms with Crippen molar-refractivity contribution in [1.29, 1.82) is 0 Å². The van der Waals surface area contributed by atoms with Gasteiger partial charge in [0.1, 0.15) is 22.3 Å². The Morgan fingerprint density at radius 3 is 2.68 bits per heavy atom. The highest BCUT2D eigenvalue weighted by Crippen LogP contribution is 2.29. The molecule has 3 rings (SSSR count). The molecule has 0 bridgehead atoms. The molecule has 0 spiro atoms. The molecule has 1 aromatic heterocycles. The van der Waals surface area contributed by atoms with Gasteiger partial charge in [-0.2, -0.15) is 0 Å². The van der Waals surface area contributed by atoms with E-state index in [-0.39, 0.29) is 5.91 Å². The smallest absolute Gasteiger partial charge is 0.273 e. The molecule has 3 aromatic rings. The van der Waals surface area contributed by atoms with Gasteiger partial charge in [-0.25, -0.2) is 9.37 Å². The highest BCUT2D eigenvalue weighted by Gasteiger charge is 2.18. The number of thiazole rings is 1. The molecule has 2 aromatic carbocycles. The quantitative estimate of drug-likeness (QED) is 0.687. The monoisotopic (exact) mass is 356 g/mol. The number of nitrogens with zero attached hydrogens (tertiary/aromatic N) is 2. The van der Waals surface area contributed by atoms with Crippen molar-refractivity contribution < 1.29 is 13.9 Å². The maximum absolute atomic E-state index is 14.2. The summed E-state index contributed by atoms with van der Waals surface area (Å²) in [6, 6.07) is 14.3. The molecule has 0 aliphatic rings. The number of hydrogen-bond acceptors (Lipinski definition) is 4. The molecule has 0 saturated heterocycles. The number of methoxy groups -OCH3 is 1. The molecule has 1 amide bonds. The number of carbonyl (C=O) groups excluding carboxylic acids is 1. The molecule has 0 fully saturated rings. The lowest BCUT2D eigenvalue weighted by Gasteiger charge is -2.15. The van der Waals surface area contributed by atoms with Crippen molar-refractivity contribution in [1.82, 2.24) is 9.88 Å². The van der Waals surface area contributed by atoms with Crippen molar-refractivity contribution >= 4 is 17.2 Å². The summed E-state index contributed by atoms with van der Waals surface area (Å²) in [5.41, 5.74) is 1.71. The van der Waals surface area contributed by atoms with Crippen LogP contribution in [0, 0.1) is 5.82 Å². The Morgan fingerprint density at radius 1 is 1.24 bits per heavy atom. The van der Waals surface area contributed by atoms with E-state index < -0.39 is 5.82 Å². The van der Waals surface area contributed by atoms with Gasteiger partial charge >= 0.3 is 0 Å². The molecule has 0 N–H and O–H groups in total. The van der Waals surface area contributed by atoms with Crippen molar-refractivity contribution in [2.45, 2.75) is 6.54 Å². The standard InChI is InChI=1S/C19H17FN2O2S/c1-22(11-13-6-4-3-5-7-13)19(23)17-12-25-18(21-17)15-9-8-14(24-2)10-16(15)20/h3-10,12H,11H2,1-2H3. The Kier molecular flexibility index (Phi) is 5.09. The third kappa shape index (κ3) is 3.85. The molecule has 25 heavy (non-hydrogen) atoms. The van der Waals surface area contributed by atoms with E-state index >= 15 is 0 Å². The molecule has 0 saturated carbocycles. The zero-order valence-corrected chi connectivity index (χ0v) is 14.7. The van der Waals surface area contributed by atoms with Crippen LogP contribution < -0.4 is 4.74 Å². The van der Waals surface area contributed by atoms with E-state index in [2.05, 4.69) is 4.98 Å². The molecular formula is C19H17FN2O2S. The first-order chi connectivity index (χ1) is 12.1. The normalized spacial score (nSPS) is 10.5. The second-order valence-electron chi connectivity index (χ2n) is 5.53. The lowest BCUT2D eigenvalue weighted by atomic mass is 10.2. The topological polar surface area (TPSA) is 42.4 Å². The van der Waals surface area contributed by atoms with Crippen LogP contribution in [-0.2, 0) is 6.54 Å². The number of amides is 1. The average molecular weight is 356 g/mol. The van der Waals surface area contributed by atoms with Gasteiger partial charge in [0.15, 0.2) is 0 Å². The average Bonchev–Trinajstić information content (AvgIpc) is 3.11. The van der Waals surface area contributed by atoms with Crippen LogP contribution in [0.5, 0.6) is 5.75 Å². The van der Waals surface area contributed by atoms with E-state index in [0.717, 1.165) is 5.56 Å². The van der Waals surface area contributed by atoms with Crippen molar-refractivity contribution in [3.63, 3.8) is 0 Å². The molecule has 0 unspecified atom stereocenters. The van der Waals surface area contributed by atoms with Crippen LogP contribution in [0.3, 0.4) is 0 Å². The van der Waals surface area contributed by atoms with Crippen LogP contribution >= 0.6 is 11.3 Å². The first kappa shape index (κ1) is 17.1. The summed E-state index contributed by atoms with van der Waals surface area (Å²) in [6.45, 7) is 0.490. The van der Waals surface area contributed by atoms with Gasteiger partial charge in [0.05, 0.1) is 7.11 Å². The van der Waals surface area contributed by atoms with Crippen LogP contribution in [-0.4, -0.2) is 29.9 Å². The molecule has 1 heterocycles. The number of carbonyl (C=O) groups is 1. The number of ether oxygens (including phenoxy) is 1. The van der Waals surface area contributed by atoms with Crippen molar-refractivity contribution in [3.8, 4) is 16.3 Å². The molecule has 0 aliphatic carbocycles. The zero-order chi connectivity index (χ0) is 17.8. The number of halogens is 1. The lowest BCUT2D eigenvalue weighted by Crippen LogP contribution is -2.26. The summed E-state index contributed by atoms with van der Waals surface area (Å²) in [4.78, 5) is 18.4. The van der Waals surface area contributed by atoms with Crippen molar-refractivity contribution in [3.05, 3.63) is 71.0 Å². The third-order valence-corrected chi connectivity index (χ3v) is 4.61. The van der Waals surface area contributed by atoms with Gasteiger partial charge in [-0.05, 0) is 17.7 Å². The van der Waals surface area contributed by atoms with Crippen LogP contribution in [0.1, 0.15) is 16.1 Å². The Labute approximate surface area is 149 Å². The van der Waals surface area contributed by atoms with Crippen LogP contribution in [0.2, 0.25) is 0 Å². The summed E-state index contributed by atoms with van der Waals surface area (Å²) >= 11 is 1.24. The third-order valence-electron chi connectivity index (χ3n) is 3.74. The Balaban J connectivity index is 1.77. The highest BCUT2D eigenvalue weighted by atomic mass is 32.1. The molecule has 128 valence electrons. The molecule has 4 nitrogen and oxygen atoms in total. The van der Waals surface area contributed by atoms with Gasteiger partial charge in [0, 0.05) is 30.6 Å². The van der Waals surface area contributed by atoms with Crippen LogP contribution in [0.25, 0.3) is 10.6 Å². The van der Waals surface area contributed by atoms with Crippen molar-refractivity contribution in [2.24, 2.45) is 0 Å². The minimum atomic E-state index is -0.426. The summed E-state index contributed by atoms with van der Waals surface area (Å²) < 4.78 is 19.2. The fourth-order valence-corrected chi connectivity index (χ4v) is 3.24. The van der Waals surface area contributed by atoms with Crippen molar-refractivity contribution in [2.75, 3.05) is 14.2 Å². The van der Waals surface area contributed by atoms with E-state index in [1.807, 2.05) is 30.3 Å².